The summed E-state index contributed by atoms with van der Waals surface area (Å²) in [6.07, 6.45) is 1.82. The Morgan fingerprint density at radius 3 is 2.60 bits per heavy atom. The van der Waals surface area contributed by atoms with Gasteiger partial charge in [0.2, 0.25) is 0 Å². The molecule has 0 radical (unpaired) electrons. The summed E-state index contributed by atoms with van der Waals surface area (Å²) >= 11 is 0. The molecule has 0 aliphatic carbocycles. The Morgan fingerprint density at radius 1 is 0.850 bits per heavy atom. The molecule has 2 nitrogen and oxygen atoms in total. The molecule has 0 N–H and O–H groups in total. The Kier molecular flexibility index (Phi) is 2.36. The van der Waals surface area contributed by atoms with E-state index in [0.29, 0.717) is 0 Å². The third-order valence-corrected chi connectivity index (χ3v) is 3.67. The fraction of sp³-hybridized carbons (Fsp3) is 0.0556. The average molecular weight is 259 g/mol. The number of fused-ring (bicyclic) bond motifs is 3. The van der Waals surface area contributed by atoms with Crippen LogP contribution < -0.4 is 0 Å². The van der Waals surface area contributed by atoms with Gasteiger partial charge in [-0.15, -0.1) is 0 Å². The van der Waals surface area contributed by atoms with Crippen LogP contribution in [-0.2, 0) is 0 Å². The van der Waals surface area contributed by atoms with Gasteiger partial charge in [-0.1, -0.05) is 36.4 Å². The number of aryl methyl sites for hydroxylation is 1. The predicted molar refractivity (Wildman–Crippen MR) is 81.7 cm³/mol. The monoisotopic (exact) mass is 259 g/mol. The minimum atomic E-state index is 0.913. The van der Waals surface area contributed by atoms with Crippen molar-refractivity contribution in [2.45, 2.75) is 6.92 Å². The van der Waals surface area contributed by atoms with E-state index in [-0.39, 0.29) is 0 Å². The number of nitrogens with zero attached hydrogens (tertiary/aromatic N) is 1. The third-order valence-electron chi connectivity index (χ3n) is 3.67. The van der Waals surface area contributed by atoms with E-state index in [0.717, 1.165) is 38.8 Å². The van der Waals surface area contributed by atoms with Gasteiger partial charge in [0.1, 0.15) is 11.2 Å². The first kappa shape index (κ1) is 11.2. The van der Waals surface area contributed by atoms with Gasteiger partial charge in [0.15, 0.2) is 0 Å². The van der Waals surface area contributed by atoms with E-state index >= 15 is 0 Å². The van der Waals surface area contributed by atoms with Crippen LogP contribution in [0, 0.1) is 6.92 Å². The first-order valence-electron chi connectivity index (χ1n) is 6.67. The van der Waals surface area contributed by atoms with Gasteiger partial charge in [0.05, 0.1) is 5.69 Å². The van der Waals surface area contributed by atoms with Crippen LogP contribution in [-0.4, -0.2) is 4.98 Å². The van der Waals surface area contributed by atoms with Crippen molar-refractivity contribution in [1.29, 1.82) is 0 Å². The zero-order valence-corrected chi connectivity index (χ0v) is 11.1. The van der Waals surface area contributed by atoms with Gasteiger partial charge in [-0.05, 0) is 30.7 Å². The molecular weight excluding hydrogens is 246 g/mol. The second-order valence-corrected chi connectivity index (χ2v) is 4.95. The minimum absolute atomic E-state index is 0.913. The van der Waals surface area contributed by atoms with Crippen LogP contribution in [0.15, 0.2) is 65.2 Å². The molecule has 0 aliphatic rings. The van der Waals surface area contributed by atoms with Crippen LogP contribution in [0.25, 0.3) is 33.2 Å². The molecule has 20 heavy (non-hydrogen) atoms. The normalized spacial score (nSPS) is 11.2. The van der Waals surface area contributed by atoms with Crippen molar-refractivity contribution < 1.29 is 4.42 Å². The van der Waals surface area contributed by atoms with Crippen molar-refractivity contribution in [1.82, 2.24) is 4.98 Å². The molecule has 2 aromatic carbocycles. The molecule has 2 aromatic heterocycles. The Bertz CT molecular complexity index is 921. The number of furan rings is 1. The number of pyridine rings is 1. The molecule has 2 heteroatoms. The number of aromatic nitrogens is 1. The summed E-state index contributed by atoms with van der Waals surface area (Å²) in [5, 5.41) is 2.29. The number of para-hydroxylation sites is 2. The van der Waals surface area contributed by atoms with E-state index in [9.17, 15) is 0 Å². The van der Waals surface area contributed by atoms with Gasteiger partial charge < -0.3 is 4.42 Å². The second-order valence-electron chi connectivity index (χ2n) is 4.95. The molecule has 0 bridgehead atoms. The number of benzene rings is 2. The highest BCUT2D eigenvalue weighted by molar-refractivity contribution is 6.09. The van der Waals surface area contributed by atoms with Gasteiger partial charge in [-0.2, -0.15) is 0 Å². The topological polar surface area (TPSA) is 26.0 Å². The van der Waals surface area contributed by atoms with Crippen LogP contribution in [0.1, 0.15) is 5.56 Å². The van der Waals surface area contributed by atoms with Gasteiger partial charge in [0.25, 0.3) is 0 Å². The highest BCUT2D eigenvalue weighted by Crippen LogP contribution is 2.35. The van der Waals surface area contributed by atoms with Gasteiger partial charge in [0, 0.05) is 22.5 Å². The van der Waals surface area contributed by atoms with E-state index in [1.54, 1.807) is 0 Å². The van der Waals surface area contributed by atoms with Crippen LogP contribution in [0.4, 0.5) is 0 Å². The van der Waals surface area contributed by atoms with Crippen molar-refractivity contribution in [2.24, 2.45) is 0 Å². The van der Waals surface area contributed by atoms with Crippen LogP contribution in [0.2, 0.25) is 0 Å². The average Bonchev–Trinajstić information content (AvgIpc) is 2.86. The standard InChI is InChI=1S/C18H13NO/c1-12-6-5-11-19-17(12)15-9-4-8-14-13-7-2-3-10-16(13)20-18(14)15/h2-11H,1H3. The molecule has 0 atom stereocenters. The molecule has 96 valence electrons. The SMILES string of the molecule is Cc1cccnc1-c1cccc2c1oc1ccccc12. The molecule has 2 heterocycles. The molecule has 4 aromatic rings. The Hall–Kier alpha value is -2.61. The minimum Gasteiger partial charge on any atom is -0.455 e. The summed E-state index contributed by atoms with van der Waals surface area (Å²) in [6.45, 7) is 2.07. The van der Waals surface area contributed by atoms with Crippen molar-refractivity contribution in [2.75, 3.05) is 0 Å². The number of rotatable bonds is 1. The predicted octanol–water partition coefficient (Wildman–Crippen LogP) is 4.96. The number of hydrogen-bond donors (Lipinski definition) is 0. The van der Waals surface area contributed by atoms with Crippen LogP contribution >= 0.6 is 0 Å². The smallest absolute Gasteiger partial charge is 0.144 e. The summed E-state index contributed by atoms with van der Waals surface area (Å²) in [6, 6.07) is 18.4. The van der Waals surface area contributed by atoms with E-state index in [1.807, 2.05) is 30.5 Å². The van der Waals surface area contributed by atoms with Crippen molar-refractivity contribution in [3.63, 3.8) is 0 Å². The lowest BCUT2D eigenvalue weighted by atomic mass is 10.0. The first-order valence-corrected chi connectivity index (χ1v) is 6.67. The van der Waals surface area contributed by atoms with E-state index in [4.69, 9.17) is 4.42 Å². The molecule has 0 fully saturated rings. The van der Waals surface area contributed by atoms with Crippen molar-refractivity contribution in [3.8, 4) is 11.3 Å². The molecule has 0 saturated heterocycles. The molecule has 4 rings (SSSR count). The maximum absolute atomic E-state index is 6.05. The highest BCUT2D eigenvalue weighted by atomic mass is 16.3. The van der Waals surface area contributed by atoms with Crippen LogP contribution in [0.5, 0.6) is 0 Å². The van der Waals surface area contributed by atoms with E-state index in [1.165, 1.54) is 0 Å². The molecule has 0 spiro atoms. The maximum Gasteiger partial charge on any atom is 0.144 e. The lowest BCUT2D eigenvalue weighted by Crippen LogP contribution is -1.87. The van der Waals surface area contributed by atoms with Gasteiger partial charge in [-0.25, -0.2) is 0 Å². The van der Waals surface area contributed by atoms with Gasteiger partial charge >= 0.3 is 0 Å². The quantitative estimate of drug-likeness (QED) is 0.483. The highest BCUT2D eigenvalue weighted by Gasteiger charge is 2.13. The lowest BCUT2D eigenvalue weighted by Gasteiger charge is -2.04. The zero-order chi connectivity index (χ0) is 13.5. The molecule has 0 aliphatic heterocycles. The molecule has 0 saturated carbocycles. The Balaban J connectivity index is 2.13. The zero-order valence-electron chi connectivity index (χ0n) is 11.1. The first-order chi connectivity index (χ1) is 9.84. The Labute approximate surface area is 116 Å². The molecule has 0 amide bonds. The molecular formula is C18H13NO. The van der Waals surface area contributed by atoms with E-state index < -0.39 is 0 Å². The summed E-state index contributed by atoms with van der Waals surface area (Å²) < 4.78 is 6.05. The van der Waals surface area contributed by atoms with Crippen LogP contribution in [0.3, 0.4) is 0 Å². The van der Waals surface area contributed by atoms with Crippen molar-refractivity contribution >= 4 is 21.9 Å². The number of hydrogen-bond acceptors (Lipinski definition) is 2. The maximum atomic E-state index is 6.05. The van der Waals surface area contributed by atoms with Gasteiger partial charge in [-0.3, -0.25) is 4.98 Å². The van der Waals surface area contributed by atoms with E-state index in [2.05, 4.69) is 42.2 Å². The largest absolute Gasteiger partial charge is 0.455 e. The second kappa shape index (κ2) is 4.20. The third kappa shape index (κ3) is 1.55. The summed E-state index contributed by atoms with van der Waals surface area (Å²) in [7, 11) is 0. The summed E-state index contributed by atoms with van der Waals surface area (Å²) in [5.41, 5.74) is 5.02. The Morgan fingerprint density at radius 2 is 1.70 bits per heavy atom. The summed E-state index contributed by atoms with van der Waals surface area (Å²) in [5.74, 6) is 0. The summed E-state index contributed by atoms with van der Waals surface area (Å²) in [4.78, 5) is 4.51. The fourth-order valence-electron chi connectivity index (χ4n) is 2.70. The fourth-order valence-corrected chi connectivity index (χ4v) is 2.70. The van der Waals surface area contributed by atoms with Crippen molar-refractivity contribution in [3.05, 3.63) is 66.4 Å². The molecule has 0 unspecified atom stereocenters. The lowest BCUT2D eigenvalue weighted by molar-refractivity contribution is 0.670.